The van der Waals surface area contributed by atoms with Crippen molar-refractivity contribution >= 4 is 53.9 Å². The Labute approximate surface area is 256 Å². The molecule has 0 atom stereocenters. The maximum atomic E-state index is 2.38. The first kappa shape index (κ1) is 24.8. The first-order valence-electron chi connectivity index (χ1n) is 15.3. The molecule has 0 saturated carbocycles. The largest absolute Gasteiger partial charge is 0.0616 e. The minimum Gasteiger partial charge on any atom is -0.0616 e. The van der Waals surface area contributed by atoms with Crippen LogP contribution in [0.4, 0.5) is 0 Å². The van der Waals surface area contributed by atoms with E-state index in [9.17, 15) is 0 Å². The summed E-state index contributed by atoms with van der Waals surface area (Å²) in [5.74, 6) is 0. The lowest BCUT2D eigenvalue weighted by molar-refractivity contribution is 1.65. The molecular formula is C44H28. The molecule has 0 fully saturated rings. The molecule has 9 aromatic carbocycles. The third kappa shape index (κ3) is 4.07. The van der Waals surface area contributed by atoms with Gasteiger partial charge < -0.3 is 0 Å². The third-order valence-corrected chi connectivity index (χ3v) is 9.20. The van der Waals surface area contributed by atoms with E-state index in [1.165, 1.54) is 87.2 Å². The first-order chi connectivity index (χ1) is 21.8. The Morgan fingerprint density at radius 3 is 1.39 bits per heavy atom. The van der Waals surface area contributed by atoms with Gasteiger partial charge in [0.05, 0.1) is 0 Å². The lowest BCUT2D eigenvalue weighted by atomic mass is 9.88. The molecule has 0 aliphatic carbocycles. The second-order valence-electron chi connectivity index (χ2n) is 11.8. The van der Waals surface area contributed by atoms with Gasteiger partial charge in [-0.1, -0.05) is 140 Å². The average Bonchev–Trinajstić information content (AvgIpc) is 3.09. The van der Waals surface area contributed by atoms with Gasteiger partial charge in [0.1, 0.15) is 0 Å². The minimum atomic E-state index is 1.23. The van der Waals surface area contributed by atoms with Crippen LogP contribution in [-0.4, -0.2) is 0 Å². The fourth-order valence-corrected chi connectivity index (χ4v) is 6.94. The van der Waals surface area contributed by atoms with Crippen LogP contribution in [0.1, 0.15) is 0 Å². The molecule has 0 unspecified atom stereocenters. The Hall–Kier alpha value is -5.72. The van der Waals surface area contributed by atoms with Crippen molar-refractivity contribution in [3.63, 3.8) is 0 Å². The van der Waals surface area contributed by atoms with Crippen LogP contribution in [0, 0.1) is 0 Å². The van der Waals surface area contributed by atoms with Gasteiger partial charge in [0.15, 0.2) is 0 Å². The summed E-state index contributed by atoms with van der Waals surface area (Å²) in [6, 6.07) is 62.5. The van der Waals surface area contributed by atoms with E-state index < -0.39 is 0 Å². The highest BCUT2D eigenvalue weighted by Gasteiger charge is 2.14. The molecule has 0 bridgehead atoms. The molecule has 0 amide bonds. The van der Waals surface area contributed by atoms with Gasteiger partial charge in [-0.05, 0) is 118 Å². The Morgan fingerprint density at radius 2 is 0.659 bits per heavy atom. The minimum absolute atomic E-state index is 1.23. The number of fused-ring (bicyclic) bond motifs is 5. The van der Waals surface area contributed by atoms with Crippen LogP contribution in [0.5, 0.6) is 0 Å². The fourth-order valence-electron chi connectivity index (χ4n) is 6.94. The van der Waals surface area contributed by atoms with Gasteiger partial charge in [-0.15, -0.1) is 0 Å². The van der Waals surface area contributed by atoms with Gasteiger partial charge in [0.25, 0.3) is 0 Å². The zero-order chi connectivity index (χ0) is 29.0. The van der Waals surface area contributed by atoms with Crippen LogP contribution < -0.4 is 0 Å². The van der Waals surface area contributed by atoms with Gasteiger partial charge in [0.2, 0.25) is 0 Å². The van der Waals surface area contributed by atoms with Crippen molar-refractivity contribution in [1.29, 1.82) is 0 Å². The Bertz CT molecular complexity index is 2550. The maximum absolute atomic E-state index is 2.38. The zero-order valence-corrected chi connectivity index (χ0v) is 24.2. The first-order valence-corrected chi connectivity index (χ1v) is 15.3. The molecule has 0 aromatic heterocycles. The number of hydrogen-bond donors (Lipinski definition) is 0. The number of benzene rings is 9. The second kappa shape index (κ2) is 9.93. The summed E-state index contributed by atoms with van der Waals surface area (Å²) in [4.78, 5) is 0. The van der Waals surface area contributed by atoms with Crippen molar-refractivity contribution in [3.8, 4) is 33.4 Å². The molecule has 9 aromatic rings. The van der Waals surface area contributed by atoms with Crippen molar-refractivity contribution < 1.29 is 0 Å². The summed E-state index contributed by atoms with van der Waals surface area (Å²) in [6.07, 6.45) is 0. The predicted octanol–water partition coefficient (Wildman–Crippen LogP) is 12.5. The normalized spacial score (nSPS) is 11.6. The topological polar surface area (TPSA) is 0 Å². The van der Waals surface area contributed by atoms with E-state index in [0.29, 0.717) is 0 Å². The van der Waals surface area contributed by atoms with Gasteiger partial charge in [-0.2, -0.15) is 0 Å². The highest BCUT2D eigenvalue weighted by molar-refractivity contribution is 6.14. The van der Waals surface area contributed by atoms with E-state index in [1.807, 2.05) is 0 Å². The molecular weight excluding hydrogens is 528 g/mol. The standard InChI is InChI=1S/C44H28/c1-2-10-32-24-35(19-16-29(32)8-1)36-20-17-30-18-21-37(26-38(30)25-36)40-22-23-42(41-15-7-13-31-9-5-6-14-39(31)41)44-28-34-12-4-3-11-33(34)27-43(40)44/h1-28H. The molecule has 0 saturated heterocycles. The van der Waals surface area contributed by atoms with Crippen molar-refractivity contribution in [2.24, 2.45) is 0 Å². The highest BCUT2D eigenvalue weighted by Crippen LogP contribution is 2.41. The van der Waals surface area contributed by atoms with Gasteiger partial charge in [-0.25, -0.2) is 0 Å². The molecule has 0 spiro atoms. The van der Waals surface area contributed by atoms with Crippen LogP contribution in [0.3, 0.4) is 0 Å². The van der Waals surface area contributed by atoms with Crippen molar-refractivity contribution in [2.75, 3.05) is 0 Å². The molecule has 0 aliphatic rings. The quantitative estimate of drug-likeness (QED) is 0.190. The highest BCUT2D eigenvalue weighted by atomic mass is 14.2. The van der Waals surface area contributed by atoms with E-state index in [4.69, 9.17) is 0 Å². The van der Waals surface area contributed by atoms with Crippen LogP contribution in [0.25, 0.3) is 87.2 Å². The lowest BCUT2D eigenvalue weighted by Crippen LogP contribution is -1.89. The molecule has 0 aliphatic heterocycles. The summed E-state index contributed by atoms with van der Waals surface area (Å²) >= 11 is 0. The van der Waals surface area contributed by atoms with Crippen LogP contribution >= 0.6 is 0 Å². The summed E-state index contributed by atoms with van der Waals surface area (Å²) in [6.45, 7) is 0. The number of rotatable bonds is 3. The lowest BCUT2D eigenvalue weighted by Gasteiger charge is -2.16. The second-order valence-corrected chi connectivity index (χ2v) is 11.8. The summed E-state index contributed by atoms with van der Waals surface area (Å²) in [7, 11) is 0. The van der Waals surface area contributed by atoms with Crippen LogP contribution in [0.2, 0.25) is 0 Å². The summed E-state index contributed by atoms with van der Waals surface area (Å²) in [5.41, 5.74) is 7.51. The van der Waals surface area contributed by atoms with E-state index in [1.54, 1.807) is 0 Å². The summed E-state index contributed by atoms with van der Waals surface area (Å²) < 4.78 is 0. The molecule has 0 N–H and O–H groups in total. The Balaban J connectivity index is 1.25. The molecule has 0 heteroatoms. The fraction of sp³-hybridized carbons (Fsp3) is 0. The smallest absolute Gasteiger partial charge is 0.00926 e. The van der Waals surface area contributed by atoms with E-state index in [0.717, 1.165) is 0 Å². The summed E-state index contributed by atoms with van der Waals surface area (Å²) in [5, 5.41) is 12.7. The van der Waals surface area contributed by atoms with Crippen LogP contribution in [-0.2, 0) is 0 Å². The number of hydrogen-bond acceptors (Lipinski definition) is 0. The van der Waals surface area contributed by atoms with Gasteiger partial charge >= 0.3 is 0 Å². The maximum Gasteiger partial charge on any atom is -0.00926 e. The van der Waals surface area contributed by atoms with Crippen molar-refractivity contribution in [1.82, 2.24) is 0 Å². The third-order valence-electron chi connectivity index (χ3n) is 9.20. The Kier molecular flexibility index (Phi) is 5.61. The Morgan fingerprint density at radius 1 is 0.205 bits per heavy atom. The average molecular weight is 557 g/mol. The molecule has 0 heterocycles. The molecule has 44 heavy (non-hydrogen) atoms. The molecule has 204 valence electrons. The predicted molar refractivity (Wildman–Crippen MR) is 190 cm³/mol. The van der Waals surface area contributed by atoms with E-state index in [2.05, 4.69) is 170 Å². The van der Waals surface area contributed by atoms with Gasteiger partial charge in [0, 0.05) is 0 Å². The van der Waals surface area contributed by atoms with E-state index >= 15 is 0 Å². The molecule has 0 radical (unpaired) electrons. The molecule has 9 rings (SSSR count). The van der Waals surface area contributed by atoms with Crippen LogP contribution in [0.15, 0.2) is 170 Å². The SMILES string of the molecule is c1ccc2cc(-c3ccc4ccc(-c5ccc(-c6cccc7ccccc67)c6cc7ccccc7cc56)cc4c3)ccc2c1. The van der Waals surface area contributed by atoms with Crippen molar-refractivity contribution in [3.05, 3.63) is 170 Å². The van der Waals surface area contributed by atoms with E-state index in [-0.39, 0.29) is 0 Å². The zero-order valence-electron chi connectivity index (χ0n) is 24.2. The molecule has 0 nitrogen and oxygen atoms in total. The monoisotopic (exact) mass is 556 g/mol. The van der Waals surface area contributed by atoms with Gasteiger partial charge in [-0.3, -0.25) is 0 Å². The van der Waals surface area contributed by atoms with Crippen molar-refractivity contribution in [2.45, 2.75) is 0 Å².